The molecule has 2 heterocycles. The van der Waals surface area contributed by atoms with Crippen molar-refractivity contribution in [3.05, 3.63) is 35.4 Å². The van der Waals surface area contributed by atoms with Crippen molar-refractivity contribution in [1.82, 2.24) is 10.6 Å². The second-order valence-corrected chi connectivity index (χ2v) is 10.8. The Morgan fingerprint density at radius 3 is 2.69 bits per heavy atom. The lowest BCUT2D eigenvalue weighted by Crippen LogP contribution is -2.65. The number of aliphatic hydroxyl groups is 4. The molecule has 10 heteroatoms. The molecular weight excluding hydrogens is 452 g/mol. The highest BCUT2D eigenvalue weighted by Gasteiger charge is 2.48. The topological polar surface area (TPSA) is 131 Å². The van der Waals surface area contributed by atoms with Crippen molar-refractivity contribution in [1.29, 1.82) is 0 Å². The minimum Gasteiger partial charge on any atom is -0.391 e. The Kier molecular flexibility index (Phi) is 9.28. The SMILES string of the molecule is CSC1OC(C(NC(=O)C2CC(SCc3cccc(C)c3)CN2)C(C)O)C(O)C(O)C1O. The minimum atomic E-state index is -1.44. The molecule has 2 aliphatic heterocycles. The van der Waals surface area contributed by atoms with Gasteiger partial charge in [0, 0.05) is 17.5 Å². The fourth-order valence-electron chi connectivity index (χ4n) is 4.15. The fraction of sp³-hybridized carbons (Fsp3) is 0.682. The van der Waals surface area contributed by atoms with Crippen molar-refractivity contribution in [2.45, 2.75) is 79.3 Å². The van der Waals surface area contributed by atoms with Crippen LogP contribution in [-0.2, 0) is 15.3 Å². The normalized spacial score (nSPS) is 34.8. The van der Waals surface area contributed by atoms with Gasteiger partial charge in [0.2, 0.25) is 5.91 Å². The average Bonchev–Trinajstić information content (AvgIpc) is 3.24. The zero-order chi connectivity index (χ0) is 23.4. The minimum absolute atomic E-state index is 0.283. The summed E-state index contributed by atoms with van der Waals surface area (Å²) in [4.78, 5) is 12.9. The van der Waals surface area contributed by atoms with Crippen molar-refractivity contribution in [2.75, 3.05) is 12.8 Å². The summed E-state index contributed by atoms with van der Waals surface area (Å²) in [5.74, 6) is 0.587. The standard InChI is InChI=1S/C22H34N2O6S2/c1-11-5-4-6-13(7-11)10-32-14-8-15(23-9-14)21(29)24-16(12(2)25)20-18(27)17(26)19(28)22(30-20)31-3/h4-7,12,14-20,22-23,25-28H,8-10H2,1-3H3,(H,24,29). The van der Waals surface area contributed by atoms with E-state index in [1.165, 1.54) is 29.8 Å². The third-order valence-electron chi connectivity index (χ3n) is 6.00. The summed E-state index contributed by atoms with van der Waals surface area (Å²) in [6.45, 7) is 4.27. The zero-order valence-corrected chi connectivity index (χ0v) is 20.2. The van der Waals surface area contributed by atoms with Gasteiger partial charge >= 0.3 is 0 Å². The Hall–Kier alpha value is -0.850. The number of carbonyl (C=O) groups is 1. The first-order valence-electron chi connectivity index (χ1n) is 10.8. The number of amides is 1. The predicted octanol–water partition coefficient (Wildman–Crippen LogP) is -0.00508. The molecule has 8 nitrogen and oxygen atoms in total. The van der Waals surface area contributed by atoms with Gasteiger partial charge in [-0.1, -0.05) is 29.8 Å². The zero-order valence-electron chi connectivity index (χ0n) is 18.5. The summed E-state index contributed by atoms with van der Waals surface area (Å²) in [7, 11) is 0. The van der Waals surface area contributed by atoms with Crippen LogP contribution >= 0.6 is 23.5 Å². The molecule has 0 aromatic heterocycles. The van der Waals surface area contributed by atoms with Gasteiger partial charge in [-0.25, -0.2) is 0 Å². The molecule has 0 saturated carbocycles. The molecule has 9 atom stereocenters. The van der Waals surface area contributed by atoms with E-state index in [1.54, 1.807) is 18.0 Å². The lowest BCUT2D eigenvalue weighted by atomic mass is 9.92. The molecule has 2 aliphatic rings. The number of benzene rings is 1. The quantitative estimate of drug-likeness (QED) is 0.300. The maximum atomic E-state index is 12.9. The summed E-state index contributed by atoms with van der Waals surface area (Å²) in [5, 5.41) is 47.3. The van der Waals surface area contributed by atoms with Crippen LogP contribution in [0.1, 0.15) is 24.5 Å². The van der Waals surface area contributed by atoms with Crippen molar-refractivity contribution in [3.8, 4) is 0 Å². The highest BCUT2D eigenvalue weighted by Crippen LogP contribution is 2.30. The fourth-order valence-corrected chi connectivity index (χ4v) is 5.98. The first-order valence-corrected chi connectivity index (χ1v) is 13.2. The first kappa shape index (κ1) is 25.8. The number of aliphatic hydroxyl groups excluding tert-OH is 4. The van der Waals surface area contributed by atoms with Gasteiger partial charge in [-0.3, -0.25) is 4.79 Å². The molecule has 1 aromatic carbocycles. The molecule has 0 aliphatic carbocycles. The van der Waals surface area contributed by atoms with E-state index in [9.17, 15) is 25.2 Å². The molecule has 180 valence electrons. The monoisotopic (exact) mass is 486 g/mol. The summed E-state index contributed by atoms with van der Waals surface area (Å²) >= 11 is 2.99. The van der Waals surface area contributed by atoms with Crippen molar-refractivity contribution >= 4 is 29.4 Å². The molecule has 2 saturated heterocycles. The number of thioether (sulfide) groups is 2. The van der Waals surface area contributed by atoms with Gasteiger partial charge in [-0.15, -0.1) is 11.8 Å². The van der Waals surface area contributed by atoms with E-state index in [1.807, 2.05) is 6.07 Å². The van der Waals surface area contributed by atoms with E-state index in [-0.39, 0.29) is 11.2 Å². The largest absolute Gasteiger partial charge is 0.391 e. The Balaban J connectivity index is 1.57. The number of aryl methyl sites for hydroxylation is 1. The van der Waals surface area contributed by atoms with Crippen LogP contribution in [0.2, 0.25) is 0 Å². The number of hydrogen-bond acceptors (Lipinski definition) is 9. The van der Waals surface area contributed by atoms with E-state index < -0.39 is 48.0 Å². The average molecular weight is 487 g/mol. The smallest absolute Gasteiger partial charge is 0.237 e. The molecule has 32 heavy (non-hydrogen) atoms. The van der Waals surface area contributed by atoms with Gasteiger partial charge in [-0.05, 0) is 32.1 Å². The van der Waals surface area contributed by atoms with Gasteiger partial charge in [0.15, 0.2) is 0 Å². The summed E-state index contributed by atoms with van der Waals surface area (Å²) in [6, 6.07) is 7.02. The molecule has 3 rings (SSSR count). The van der Waals surface area contributed by atoms with Crippen LogP contribution < -0.4 is 10.6 Å². The third kappa shape index (κ3) is 6.18. The number of hydrogen-bond donors (Lipinski definition) is 6. The van der Waals surface area contributed by atoms with Crippen LogP contribution in [0.4, 0.5) is 0 Å². The van der Waals surface area contributed by atoms with Gasteiger partial charge < -0.3 is 35.8 Å². The second kappa shape index (κ2) is 11.5. The van der Waals surface area contributed by atoms with Crippen LogP contribution in [0.15, 0.2) is 24.3 Å². The predicted molar refractivity (Wildman–Crippen MR) is 126 cm³/mol. The maximum absolute atomic E-state index is 12.9. The van der Waals surface area contributed by atoms with Crippen LogP contribution in [0.25, 0.3) is 0 Å². The van der Waals surface area contributed by atoms with Gasteiger partial charge in [0.05, 0.1) is 18.2 Å². The highest BCUT2D eigenvalue weighted by molar-refractivity contribution is 7.99. The van der Waals surface area contributed by atoms with E-state index in [4.69, 9.17) is 4.74 Å². The molecule has 2 fully saturated rings. The number of ether oxygens (including phenoxy) is 1. The summed E-state index contributed by atoms with van der Waals surface area (Å²) in [6.07, 6.45) is -3.86. The van der Waals surface area contributed by atoms with E-state index in [0.29, 0.717) is 13.0 Å². The summed E-state index contributed by atoms with van der Waals surface area (Å²) < 4.78 is 5.74. The number of rotatable bonds is 8. The molecule has 6 N–H and O–H groups in total. The molecular formula is C22H34N2O6S2. The lowest BCUT2D eigenvalue weighted by molar-refractivity contribution is -0.211. The van der Waals surface area contributed by atoms with Crippen LogP contribution in [0.5, 0.6) is 0 Å². The lowest BCUT2D eigenvalue weighted by Gasteiger charge is -2.44. The molecule has 0 bridgehead atoms. The van der Waals surface area contributed by atoms with Gasteiger partial charge in [0.1, 0.15) is 29.9 Å². The Morgan fingerprint density at radius 1 is 1.28 bits per heavy atom. The molecule has 1 amide bonds. The highest BCUT2D eigenvalue weighted by atomic mass is 32.2. The molecule has 9 unspecified atom stereocenters. The molecule has 0 radical (unpaired) electrons. The Bertz CT molecular complexity index is 768. The number of nitrogens with one attached hydrogen (secondary N) is 2. The Labute approximate surface area is 197 Å². The summed E-state index contributed by atoms with van der Waals surface area (Å²) in [5.41, 5.74) is 1.70. The maximum Gasteiger partial charge on any atom is 0.237 e. The third-order valence-corrected chi connectivity index (χ3v) is 8.18. The first-order chi connectivity index (χ1) is 15.2. The number of carbonyl (C=O) groups excluding carboxylic acids is 1. The van der Waals surface area contributed by atoms with Crippen LogP contribution in [0, 0.1) is 6.92 Å². The molecule has 1 aromatic rings. The van der Waals surface area contributed by atoms with Crippen molar-refractivity contribution in [2.24, 2.45) is 0 Å². The van der Waals surface area contributed by atoms with Gasteiger partial charge in [0.25, 0.3) is 0 Å². The van der Waals surface area contributed by atoms with E-state index >= 15 is 0 Å². The van der Waals surface area contributed by atoms with Crippen molar-refractivity contribution in [3.63, 3.8) is 0 Å². The van der Waals surface area contributed by atoms with Crippen LogP contribution in [-0.4, -0.2) is 92.4 Å². The second-order valence-electron chi connectivity index (χ2n) is 8.57. The van der Waals surface area contributed by atoms with E-state index in [2.05, 4.69) is 35.8 Å². The van der Waals surface area contributed by atoms with Crippen LogP contribution in [0.3, 0.4) is 0 Å². The van der Waals surface area contributed by atoms with Crippen molar-refractivity contribution < 1.29 is 30.0 Å². The van der Waals surface area contributed by atoms with Gasteiger partial charge in [-0.2, -0.15) is 11.8 Å². The van der Waals surface area contributed by atoms with E-state index in [0.717, 1.165) is 5.75 Å². The molecule has 0 spiro atoms. The Morgan fingerprint density at radius 2 is 2.03 bits per heavy atom.